The Morgan fingerprint density at radius 1 is 1.12 bits per heavy atom. The molecule has 3 aromatic rings. The van der Waals surface area contributed by atoms with Crippen LogP contribution in [0.15, 0.2) is 24.4 Å². The summed E-state index contributed by atoms with van der Waals surface area (Å²) in [6.45, 7) is 6.39. The van der Waals surface area contributed by atoms with E-state index in [2.05, 4.69) is 27.6 Å². The molecule has 0 saturated carbocycles. The van der Waals surface area contributed by atoms with Gasteiger partial charge in [-0.15, -0.1) is 0 Å². The van der Waals surface area contributed by atoms with Crippen LogP contribution < -0.4 is 15.5 Å². The zero-order valence-electron chi connectivity index (χ0n) is 19.2. The lowest BCUT2D eigenvalue weighted by atomic mass is 9.80. The first-order valence-corrected chi connectivity index (χ1v) is 12.6. The normalized spacial score (nSPS) is 20.8. The Morgan fingerprint density at radius 3 is 2.67 bits per heavy atom. The first-order valence-electron chi connectivity index (χ1n) is 11.9. The van der Waals surface area contributed by atoms with Gasteiger partial charge in [-0.25, -0.2) is 4.98 Å². The number of nitrogens with zero attached hydrogens (tertiary/aromatic N) is 5. The Kier molecular flexibility index (Phi) is 6.63. The number of benzene rings is 1. The molecule has 2 aliphatic rings. The van der Waals surface area contributed by atoms with Crippen molar-refractivity contribution in [3.8, 4) is 0 Å². The molecule has 2 aromatic heterocycles. The SMILES string of the molecule is C[C@@H](Nc1nc(N2CCC(C3CCCNC3)CC2)nc2cn(C)nc12)c1ccc(Cl)cc1Cl. The summed E-state index contributed by atoms with van der Waals surface area (Å²) in [4.78, 5) is 12.1. The van der Waals surface area contributed by atoms with E-state index >= 15 is 0 Å². The fourth-order valence-corrected chi connectivity index (χ4v) is 5.81. The van der Waals surface area contributed by atoms with Crippen LogP contribution in [0.5, 0.6) is 0 Å². The number of anilines is 2. The molecule has 33 heavy (non-hydrogen) atoms. The molecule has 1 unspecified atom stereocenters. The van der Waals surface area contributed by atoms with Gasteiger partial charge in [0.25, 0.3) is 0 Å². The molecule has 5 rings (SSSR count). The van der Waals surface area contributed by atoms with Gasteiger partial charge in [0, 0.05) is 30.2 Å². The smallest absolute Gasteiger partial charge is 0.228 e. The number of fused-ring (bicyclic) bond motifs is 1. The van der Waals surface area contributed by atoms with Gasteiger partial charge in [0.2, 0.25) is 5.95 Å². The fourth-order valence-electron chi connectivity index (χ4n) is 5.24. The van der Waals surface area contributed by atoms with Crippen molar-refractivity contribution in [2.75, 3.05) is 36.4 Å². The van der Waals surface area contributed by atoms with Crippen LogP contribution in [0.4, 0.5) is 11.8 Å². The maximum absolute atomic E-state index is 6.45. The van der Waals surface area contributed by atoms with E-state index in [1.54, 1.807) is 10.7 Å². The predicted molar refractivity (Wildman–Crippen MR) is 135 cm³/mol. The number of nitrogens with one attached hydrogen (secondary N) is 2. The van der Waals surface area contributed by atoms with Crippen LogP contribution in [0.25, 0.3) is 11.0 Å². The van der Waals surface area contributed by atoms with Gasteiger partial charge >= 0.3 is 0 Å². The van der Waals surface area contributed by atoms with Crippen LogP contribution in [-0.2, 0) is 7.05 Å². The molecule has 0 bridgehead atoms. The average Bonchev–Trinajstić information content (AvgIpc) is 3.20. The number of aryl methyl sites for hydroxylation is 1. The molecule has 2 atom stereocenters. The Hall–Kier alpha value is -2.09. The maximum Gasteiger partial charge on any atom is 0.228 e. The van der Waals surface area contributed by atoms with Gasteiger partial charge in [0.1, 0.15) is 5.52 Å². The molecular weight excluding hydrogens is 457 g/mol. The predicted octanol–water partition coefficient (Wildman–Crippen LogP) is 5.06. The lowest BCUT2D eigenvalue weighted by Gasteiger charge is -2.37. The molecule has 0 spiro atoms. The third kappa shape index (κ3) is 4.91. The fraction of sp³-hybridized carbons (Fsp3) is 0.542. The van der Waals surface area contributed by atoms with Gasteiger partial charge in [-0.3, -0.25) is 4.68 Å². The van der Waals surface area contributed by atoms with E-state index < -0.39 is 0 Å². The summed E-state index contributed by atoms with van der Waals surface area (Å²) in [5, 5.41) is 13.0. The molecule has 0 radical (unpaired) electrons. The number of hydrogen-bond donors (Lipinski definition) is 2. The quantitative estimate of drug-likeness (QED) is 0.523. The summed E-state index contributed by atoms with van der Waals surface area (Å²) in [6.07, 6.45) is 7.00. The van der Waals surface area contributed by atoms with Crippen LogP contribution in [0.3, 0.4) is 0 Å². The monoisotopic (exact) mass is 487 g/mol. The molecule has 7 nitrogen and oxygen atoms in total. The third-order valence-corrected chi connectivity index (χ3v) is 7.63. The van der Waals surface area contributed by atoms with E-state index in [-0.39, 0.29) is 6.04 Å². The van der Waals surface area contributed by atoms with Crippen LogP contribution >= 0.6 is 23.2 Å². The number of rotatable bonds is 5. The average molecular weight is 488 g/mol. The van der Waals surface area contributed by atoms with E-state index in [0.717, 1.165) is 53.3 Å². The molecule has 1 aromatic carbocycles. The van der Waals surface area contributed by atoms with Gasteiger partial charge in [-0.05, 0) is 75.2 Å². The van der Waals surface area contributed by atoms with Crippen LogP contribution in [0, 0.1) is 11.8 Å². The van der Waals surface area contributed by atoms with E-state index in [9.17, 15) is 0 Å². The minimum absolute atomic E-state index is 0.0627. The zero-order chi connectivity index (χ0) is 22.9. The van der Waals surface area contributed by atoms with Gasteiger partial charge in [0.05, 0.1) is 12.2 Å². The topological polar surface area (TPSA) is 70.9 Å². The van der Waals surface area contributed by atoms with E-state index in [1.165, 1.54) is 38.8 Å². The standard InChI is InChI=1S/C24H31Cl2N7/c1-15(19-6-5-18(25)12-20(19)26)28-23-22-21(14-32(2)31-22)29-24(30-23)33-10-7-16(8-11-33)17-4-3-9-27-13-17/h5-6,12,14-17,27H,3-4,7-11,13H2,1-2H3,(H,28,29,30)/t15-,17?/m1/s1. The number of halogens is 2. The second-order valence-corrected chi connectivity index (χ2v) is 10.2. The highest BCUT2D eigenvalue weighted by atomic mass is 35.5. The summed E-state index contributed by atoms with van der Waals surface area (Å²) < 4.78 is 1.79. The molecule has 0 amide bonds. The van der Waals surface area contributed by atoms with Gasteiger partial charge < -0.3 is 15.5 Å². The van der Waals surface area contributed by atoms with Gasteiger partial charge in [0.15, 0.2) is 11.3 Å². The van der Waals surface area contributed by atoms with Crippen molar-refractivity contribution >= 4 is 46.0 Å². The molecule has 2 aliphatic heterocycles. The number of piperidine rings is 2. The Morgan fingerprint density at radius 2 is 1.94 bits per heavy atom. The summed E-state index contributed by atoms with van der Waals surface area (Å²) in [7, 11) is 1.91. The van der Waals surface area contributed by atoms with Crippen molar-refractivity contribution < 1.29 is 0 Å². The Bertz CT molecular complexity index is 1120. The molecule has 176 valence electrons. The Balaban J connectivity index is 1.37. The number of aromatic nitrogens is 4. The largest absolute Gasteiger partial charge is 0.361 e. The Labute approximate surface area is 204 Å². The van der Waals surface area contributed by atoms with E-state index in [4.69, 9.17) is 33.2 Å². The molecule has 4 heterocycles. The highest BCUT2D eigenvalue weighted by Gasteiger charge is 2.29. The number of hydrogen-bond acceptors (Lipinski definition) is 6. The second-order valence-electron chi connectivity index (χ2n) is 9.37. The molecule has 9 heteroatoms. The van der Waals surface area contributed by atoms with Crippen LogP contribution in [0.1, 0.15) is 44.2 Å². The van der Waals surface area contributed by atoms with E-state index in [1.807, 2.05) is 25.4 Å². The molecular formula is C24H31Cl2N7. The van der Waals surface area contributed by atoms with Crippen molar-refractivity contribution in [2.45, 2.75) is 38.6 Å². The first kappa shape index (κ1) is 22.7. The summed E-state index contributed by atoms with van der Waals surface area (Å²) >= 11 is 12.5. The van der Waals surface area contributed by atoms with E-state index in [0.29, 0.717) is 10.0 Å². The van der Waals surface area contributed by atoms with Crippen molar-refractivity contribution in [3.05, 3.63) is 40.0 Å². The lowest BCUT2D eigenvalue weighted by molar-refractivity contribution is 0.226. The highest BCUT2D eigenvalue weighted by Crippen LogP contribution is 2.33. The summed E-state index contributed by atoms with van der Waals surface area (Å²) in [5.74, 6) is 3.10. The summed E-state index contributed by atoms with van der Waals surface area (Å²) in [6, 6.07) is 5.51. The first-order chi connectivity index (χ1) is 16.0. The van der Waals surface area contributed by atoms with Crippen molar-refractivity contribution in [1.82, 2.24) is 25.1 Å². The minimum Gasteiger partial charge on any atom is -0.361 e. The molecule has 2 saturated heterocycles. The van der Waals surface area contributed by atoms with Crippen LogP contribution in [0.2, 0.25) is 10.0 Å². The summed E-state index contributed by atoms with van der Waals surface area (Å²) in [5.41, 5.74) is 2.58. The molecule has 2 fully saturated rings. The van der Waals surface area contributed by atoms with Crippen molar-refractivity contribution in [1.29, 1.82) is 0 Å². The zero-order valence-corrected chi connectivity index (χ0v) is 20.7. The highest BCUT2D eigenvalue weighted by molar-refractivity contribution is 6.35. The van der Waals surface area contributed by atoms with Crippen LogP contribution in [-0.4, -0.2) is 45.9 Å². The van der Waals surface area contributed by atoms with Gasteiger partial charge in [-0.1, -0.05) is 29.3 Å². The lowest BCUT2D eigenvalue weighted by Crippen LogP contribution is -2.41. The van der Waals surface area contributed by atoms with Gasteiger partial charge in [-0.2, -0.15) is 10.1 Å². The molecule has 0 aliphatic carbocycles. The second kappa shape index (κ2) is 9.65. The van der Waals surface area contributed by atoms with Crippen molar-refractivity contribution in [3.63, 3.8) is 0 Å². The molecule has 2 N–H and O–H groups in total. The minimum atomic E-state index is -0.0627. The van der Waals surface area contributed by atoms with Crippen molar-refractivity contribution in [2.24, 2.45) is 18.9 Å². The third-order valence-electron chi connectivity index (χ3n) is 7.07. The maximum atomic E-state index is 6.45.